The third kappa shape index (κ3) is 4.52. The van der Waals surface area contributed by atoms with Crippen LogP contribution in [0.25, 0.3) is 0 Å². The van der Waals surface area contributed by atoms with E-state index < -0.39 is 0 Å². The van der Waals surface area contributed by atoms with Gasteiger partial charge in [0, 0.05) is 18.3 Å². The number of rotatable bonds is 7. The molecule has 2 aromatic rings. The van der Waals surface area contributed by atoms with Crippen molar-refractivity contribution in [2.75, 3.05) is 21.3 Å². The number of hydrogen-bond acceptors (Lipinski definition) is 5. The van der Waals surface area contributed by atoms with E-state index in [1.165, 1.54) is 0 Å². The van der Waals surface area contributed by atoms with Crippen molar-refractivity contribution in [3.63, 3.8) is 0 Å². The van der Waals surface area contributed by atoms with Crippen molar-refractivity contribution in [1.29, 1.82) is 0 Å². The van der Waals surface area contributed by atoms with Gasteiger partial charge in [-0.3, -0.25) is 0 Å². The molecular formula is C17H22N4O3. The summed E-state index contributed by atoms with van der Waals surface area (Å²) in [5.41, 5.74) is 7.78. The number of ether oxygens (including phenoxy) is 3. The van der Waals surface area contributed by atoms with Crippen LogP contribution < -0.4 is 25.3 Å². The van der Waals surface area contributed by atoms with Crippen molar-refractivity contribution in [3.05, 3.63) is 47.7 Å². The molecule has 0 unspecified atom stereocenters. The molecule has 0 atom stereocenters. The topological polar surface area (TPSA) is 91.0 Å². The zero-order chi connectivity index (χ0) is 17.4. The van der Waals surface area contributed by atoms with E-state index >= 15 is 0 Å². The van der Waals surface area contributed by atoms with Crippen molar-refractivity contribution >= 4 is 5.96 Å². The first kappa shape index (κ1) is 17.4. The van der Waals surface area contributed by atoms with Crippen LogP contribution in [0, 0.1) is 0 Å². The number of benzene rings is 1. The molecule has 1 aromatic heterocycles. The summed E-state index contributed by atoms with van der Waals surface area (Å²) in [5.74, 6) is 2.25. The quantitative estimate of drug-likeness (QED) is 0.593. The van der Waals surface area contributed by atoms with Gasteiger partial charge in [-0.2, -0.15) is 0 Å². The molecule has 1 aromatic carbocycles. The van der Waals surface area contributed by atoms with Crippen molar-refractivity contribution < 1.29 is 14.2 Å². The number of aliphatic imine (C=N–C) groups is 1. The fourth-order valence-electron chi connectivity index (χ4n) is 2.14. The molecule has 24 heavy (non-hydrogen) atoms. The second-order valence-corrected chi connectivity index (χ2v) is 4.92. The molecule has 2 rings (SSSR count). The predicted molar refractivity (Wildman–Crippen MR) is 92.5 cm³/mol. The Balaban J connectivity index is 1.96. The van der Waals surface area contributed by atoms with E-state index in [9.17, 15) is 0 Å². The molecule has 0 saturated carbocycles. The van der Waals surface area contributed by atoms with Crippen molar-refractivity contribution in [2.45, 2.75) is 13.1 Å². The summed E-state index contributed by atoms with van der Waals surface area (Å²) in [6.45, 7) is 0.918. The van der Waals surface area contributed by atoms with Gasteiger partial charge in [-0.25, -0.2) is 9.98 Å². The summed E-state index contributed by atoms with van der Waals surface area (Å²) in [6.07, 6.45) is 1.68. The third-order valence-corrected chi connectivity index (χ3v) is 3.38. The van der Waals surface area contributed by atoms with E-state index in [1.807, 2.05) is 30.3 Å². The van der Waals surface area contributed by atoms with Crippen LogP contribution in [-0.4, -0.2) is 32.3 Å². The number of hydrogen-bond donors (Lipinski definition) is 2. The fraction of sp³-hybridized carbons (Fsp3) is 0.294. The monoisotopic (exact) mass is 330 g/mol. The smallest absolute Gasteiger partial charge is 0.218 e. The lowest BCUT2D eigenvalue weighted by Crippen LogP contribution is -2.31. The van der Waals surface area contributed by atoms with Crippen molar-refractivity contribution in [2.24, 2.45) is 10.7 Å². The van der Waals surface area contributed by atoms with Crippen LogP contribution in [0.2, 0.25) is 0 Å². The fourth-order valence-corrected chi connectivity index (χ4v) is 2.14. The molecule has 7 nitrogen and oxygen atoms in total. The molecule has 0 spiro atoms. The highest BCUT2D eigenvalue weighted by molar-refractivity contribution is 5.77. The molecular weight excluding hydrogens is 308 g/mol. The largest absolute Gasteiger partial charge is 0.493 e. The maximum atomic E-state index is 5.91. The Bertz CT molecular complexity index is 704. The van der Waals surface area contributed by atoms with E-state index in [-0.39, 0.29) is 0 Å². The summed E-state index contributed by atoms with van der Waals surface area (Å²) in [5, 5.41) is 3.05. The lowest BCUT2D eigenvalue weighted by molar-refractivity contribution is 0.354. The van der Waals surface area contributed by atoms with Crippen molar-refractivity contribution in [3.8, 4) is 17.4 Å². The molecule has 0 aliphatic rings. The van der Waals surface area contributed by atoms with Crippen LogP contribution in [-0.2, 0) is 13.1 Å². The number of guanidine groups is 1. The van der Waals surface area contributed by atoms with E-state index in [1.54, 1.807) is 27.5 Å². The number of nitrogens with two attached hydrogens (primary N) is 1. The van der Waals surface area contributed by atoms with Crippen LogP contribution in [0.3, 0.4) is 0 Å². The minimum atomic E-state index is 0.343. The second-order valence-electron chi connectivity index (χ2n) is 4.92. The van der Waals surface area contributed by atoms with Crippen LogP contribution >= 0.6 is 0 Å². The predicted octanol–water partition coefficient (Wildman–Crippen LogP) is 1.71. The Morgan fingerprint density at radius 2 is 1.92 bits per heavy atom. The van der Waals surface area contributed by atoms with E-state index in [4.69, 9.17) is 19.9 Å². The van der Waals surface area contributed by atoms with Gasteiger partial charge in [0.1, 0.15) is 0 Å². The molecule has 1 heterocycles. The highest BCUT2D eigenvalue weighted by Gasteiger charge is 2.05. The first-order chi connectivity index (χ1) is 11.7. The van der Waals surface area contributed by atoms with Gasteiger partial charge < -0.3 is 25.3 Å². The molecule has 3 N–H and O–H groups in total. The number of methoxy groups -OCH3 is 3. The molecule has 0 saturated heterocycles. The molecule has 0 radical (unpaired) electrons. The van der Waals surface area contributed by atoms with Crippen LogP contribution in [0.4, 0.5) is 0 Å². The van der Waals surface area contributed by atoms with E-state index in [2.05, 4.69) is 15.3 Å². The minimum Gasteiger partial charge on any atom is -0.493 e. The minimum absolute atomic E-state index is 0.343. The average molecular weight is 330 g/mol. The van der Waals surface area contributed by atoms with Crippen LogP contribution in [0.15, 0.2) is 41.5 Å². The molecule has 0 fully saturated rings. The third-order valence-electron chi connectivity index (χ3n) is 3.38. The van der Waals surface area contributed by atoms with Gasteiger partial charge in [0.05, 0.1) is 27.9 Å². The first-order valence-electron chi connectivity index (χ1n) is 7.40. The lowest BCUT2D eigenvalue weighted by Gasteiger charge is -2.10. The molecule has 0 aliphatic carbocycles. The maximum absolute atomic E-state index is 5.91. The van der Waals surface area contributed by atoms with Gasteiger partial charge in [-0.05, 0) is 23.8 Å². The first-order valence-corrected chi connectivity index (χ1v) is 7.40. The summed E-state index contributed by atoms with van der Waals surface area (Å²) in [6, 6.07) is 9.40. The number of pyridine rings is 1. The maximum Gasteiger partial charge on any atom is 0.218 e. The zero-order valence-electron chi connectivity index (χ0n) is 14.1. The highest BCUT2D eigenvalue weighted by Crippen LogP contribution is 2.27. The summed E-state index contributed by atoms with van der Waals surface area (Å²) < 4.78 is 15.7. The van der Waals surface area contributed by atoms with Gasteiger partial charge >= 0.3 is 0 Å². The molecule has 7 heteroatoms. The number of nitrogens with zero attached hydrogens (tertiary/aromatic N) is 2. The van der Waals surface area contributed by atoms with Gasteiger partial charge in [0.2, 0.25) is 5.88 Å². The Morgan fingerprint density at radius 3 is 2.62 bits per heavy atom. The van der Waals surface area contributed by atoms with Gasteiger partial charge in [-0.1, -0.05) is 12.1 Å². The van der Waals surface area contributed by atoms with Crippen molar-refractivity contribution in [1.82, 2.24) is 10.3 Å². The molecule has 0 bridgehead atoms. The molecule has 128 valence electrons. The molecule has 0 aliphatic heterocycles. The van der Waals surface area contributed by atoms with E-state index in [0.717, 1.165) is 11.1 Å². The van der Waals surface area contributed by atoms with Crippen LogP contribution in [0.1, 0.15) is 11.1 Å². The van der Waals surface area contributed by atoms with E-state index in [0.29, 0.717) is 36.4 Å². The summed E-state index contributed by atoms with van der Waals surface area (Å²) >= 11 is 0. The normalized spacial score (nSPS) is 11.0. The Hall–Kier alpha value is -2.96. The van der Waals surface area contributed by atoms with Gasteiger partial charge in [0.25, 0.3) is 0 Å². The SMILES string of the molecule is COc1ccc(CN=C(N)NCc2cccnc2OC)cc1OC. The number of nitrogens with one attached hydrogen (secondary N) is 1. The Morgan fingerprint density at radius 1 is 1.12 bits per heavy atom. The standard InChI is InChI=1S/C17H22N4O3/c1-22-14-7-6-12(9-15(14)23-2)10-20-17(18)21-11-13-5-4-8-19-16(13)24-3/h4-9H,10-11H2,1-3H3,(H3,18,20,21). The average Bonchev–Trinajstić information content (AvgIpc) is 2.64. The zero-order valence-corrected chi connectivity index (χ0v) is 14.1. The van der Waals surface area contributed by atoms with Gasteiger partial charge in [0.15, 0.2) is 17.5 Å². The lowest BCUT2D eigenvalue weighted by atomic mass is 10.2. The summed E-state index contributed by atoms with van der Waals surface area (Å²) in [7, 11) is 4.78. The Kier molecular flexibility index (Phi) is 6.24. The Labute approximate surface area is 141 Å². The second kappa shape index (κ2) is 8.61. The number of aromatic nitrogens is 1. The molecule has 0 amide bonds. The summed E-state index contributed by atoms with van der Waals surface area (Å²) in [4.78, 5) is 8.46. The van der Waals surface area contributed by atoms with Gasteiger partial charge in [-0.15, -0.1) is 0 Å². The van der Waals surface area contributed by atoms with Crippen LogP contribution in [0.5, 0.6) is 17.4 Å². The highest BCUT2D eigenvalue weighted by atomic mass is 16.5.